The van der Waals surface area contributed by atoms with E-state index in [4.69, 9.17) is 10.00 Å². The monoisotopic (exact) mass is 337 g/mol. The van der Waals surface area contributed by atoms with E-state index in [0.29, 0.717) is 43.0 Å². The average molecular weight is 337 g/mol. The average Bonchev–Trinajstić information content (AvgIpc) is 2.61. The minimum absolute atomic E-state index is 0.000687. The zero-order valence-corrected chi connectivity index (χ0v) is 14.3. The molecule has 0 spiro atoms. The number of hydrogen-bond acceptors (Lipinski definition) is 4. The number of anilines is 1. The Morgan fingerprint density at radius 3 is 2.88 bits per heavy atom. The van der Waals surface area contributed by atoms with Crippen LogP contribution in [0.1, 0.15) is 28.8 Å². The van der Waals surface area contributed by atoms with Gasteiger partial charge < -0.3 is 14.6 Å². The molecule has 1 aliphatic rings. The Bertz CT molecular complexity index is 924. The largest absolute Gasteiger partial charge is 0.490 e. The molecule has 6 nitrogen and oxygen atoms in total. The van der Waals surface area contributed by atoms with Crippen molar-refractivity contribution in [1.29, 1.82) is 5.26 Å². The van der Waals surface area contributed by atoms with E-state index in [-0.39, 0.29) is 17.0 Å². The molecule has 2 heterocycles. The third-order valence-electron chi connectivity index (χ3n) is 4.54. The van der Waals surface area contributed by atoms with Crippen LogP contribution < -0.4 is 15.2 Å². The quantitative estimate of drug-likeness (QED) is 0.930. The van der Waals surface area contributed by atoms with Crippen LogP contribution in [0.15, 0.2) is 29.1 Å². The Morgan fingerprint density at radius 2 is 2.12 bits per heavy atom. The van der Waals surface area contributed by atoms with Crippen molar-refractivity contribution < 1.29 is 9.53 Å². The summed E-state index contributed by atoms with van der Waals surface area (Å²) in [5, 5.41) is 9.15. The standard InChI is InChI=1S/C19H19N3O3/c1-12-14(13(2)21-19(24)15(12)11-20)7-8-18(23)22-9-10-25-17-6-4-3-5-16(17)22/h3-6H,7-10H2,1-2H3,(H,21,24). The van der Waals surface area contributed by atoms with Gasteiger partial charge in [0.05, 0.1) is 12.2 Å². The first-order valence-corrected chi connectivity index (χ1v) is 8.17. The predicted molar refractivity (Wildman–Crippen MR) is 93.9 cm³/mol. The number of nitrogens with zero attached hydrogens (tertiary/aromatic N) is 2. The molecule has 2 aromatic rings. The maximum Gasteiger partial charge on any atom is 0.266 e. The van der Waals surface area contributed by atoms with Crippen molar-refractivity contribution in [2.45, 2.75) is 26.7 Å². The number of carbonyl (C=O) groups is 1. The van der Waals surface area contributed by atoms with Gasteiger partial charge in [0.2, 0.25) is 5.91 Å². The number of fused-ring (bicyclic) bond motifs is 1. The SMILES string of the molecule is Cc1[nH]c(=O)c(C#N)c(C)c1CCC(=O)N1CCOc2ccccc21. The summed E-state index contributed by atoms with van der Waals surface area (Å²) in [7, 11) is 0. The Kier molecular flexibility index (Phi) is 4.57. The van der Waals surface area contributed by atoms with Gasteiger partial charge >= 0.3 is 0 Å². The number of ether oxygens (including phenoxy) is 1. The lowest BCUT2D eigenvalue weighted by molar-refractivity contribution is -0.118. The molecule has 1 aromatic heterocycles. The fraction of sp³-hybridized carbons (Fsp3) is 0.316. The van der Waals surface area contributed by atoms with Gasteiger partial charge in [-0.1, -0.05) is 12.1 Å². The van der Waals surface area contributed by atoms with Gasteiger partial charge in [-0.2, -0.15) is 5.26 Å². The summed E-state index contributed by atoms with van der Waals surface area (Å²) in [6, 6.07) is 9.42. The number of nitrogens with one attached hydrogen (secondary N) is 1. The highest BCUT2D eigenvalue weighted by Crippen LogP contribution is 2.31. The first-order valence-electron chi connectivity index (χ1n) is 8.17. The first kappa shape index (κ1) is 16.8. The van der Waals surface area contributed by atoms with Crippen LogP contribution >= 0.6 is 0 Å². The third-order valence-corrected chi connectivity index (χ3v) is 4.54. The van der Waals surface area contributed by atoms with Crippen LogP contribution in [-0.2, 0) is 11.2 Å². The van der Waals surface area contributed by atoms with Crippen molar-refractivity contribution in [3.8, 4) is 11.8 Å². The summed E-state index contributed by atoms with van der Waals surface area (Å²) >= 11 is 0. The minimum Gasteiger partial charge on any atom is -0.490 e. The van der Waals surface area contributed by atoms with Crippen molar-refractivity contribution in [2.75, 3.05) is 18.1 Å². The molecule has 128 valence electrons. The molecular formula is C19H19N3O3. The topological polar surface area (TPSA) is 86.2 Å². The van der Waals surface area contributed by atoms with E-state index in [1.54, 1.807) is 18.7 Å². The molecule has 0 unspecified atom stereocenters. The number of benzene rings is 1. The van der Waals surface area contributed by atoms with E-state index < -0.39 is 0 Å². The number of aromatic nitrogens is 1. The number of nitriles is 1. The number of pyridine rings is 1. The highest BCUT2D eigenvalue weighted by molar-refractivity contribution is 5.95. The van der Waals surface area contributed by atoms with Gasteiger partial charge in [-0.25, -0.2) is 0 Å². The molecule has 3 rings (SSSR count). The highest BCUT2D eigenvalue weighted by Gasteiger charge is 2.23. The lowest BCUT2D eigenvalue weighted by Crippen LogP contribution is -2.38. The van der Waals surface area contributed by atoms with Crippen LogP contribution in [0.4, 0.5) is 5.69 Å². The van der Waals surface area contributed by atoms with Crippen LogP contribution in [0.25, 0.3) is 0 Å². The lowest BCUT2D eigenvalue weighted by Gasteiger charge is -2.29. The number of para-hydroxylation sites is 2. The summed E-state index contributed by atoms with van der Waals surface area (Å²) in [5.74, 6) is 0.713. The second-order valence-electron chi connectivity index (χ2n) is 6.03. The second-order valence-corrected chi connectivity index (χ2v) is 6.03. The molecule has 1 N–H and O–H groups in total. The maximum atomic E-state index is 12.7. The van der Waals surface area contributed by atoms with Gasteiger partial charge in [0.25, 0.3) is 5.56 Å². The zero-order valence-electron chi connectivity index (χ0n) is 14.3. The molecule has 0 saturated heterocycles. The van der Waals surface area contributed by atoms with Crippen LogP contribution in [-0.4, -0.2) is 24.0 Å². The Hall–Kier alpha value is -3.07. The fourth-order valence-electron chi connectivity index (χ4n) is 3.22. The molecule has 0 saturated carbocycles. The van der Waals surface area contributed by atoms with Crippen molar-refractivity contribution in [3.63, 3.8) is 0 Å². The van der Waals surface area contributed by atoms with Gasteiger partial charge in [0.15, 0.2) is 0 Å². The number of hydrogen-bond donors (Lipinski definition) is 1. The number of amides is 1. The van der Waals surface area contributed by atoms with Gasteiger partial charge in [0.1, 0.15) is 24.0 Å². The summed E-state index contributed by atoms with van der Waals surface area (Å²) in [4.78, 5) is 28.9. The van der Waals surface area contributed by atoms with E-state index >= 15 is 0 Å². The Morgan fingerprint density at radius 1 is 1.36 bits per heavy atom. The molecule has 1 aliphatic heterocycles. The number of aryl methyl sites for hydroxylation is 1. The molecule has 1 amide bonds. The van der Waals surface area contributed by atoms with Gasteiger partial charge in [0, 0.05) is 12.1 Å². The fourth-order valence-corrected chi connectivity index (χ4v) is 3.22. The van der Waals surface area contributed by atoms with Gasteiger partial charge in [-0.3, -0.25) is 9.59 Å². The highest BCUT2D eigenvalue weighted by atomic mass is 16.5. The Balaban J connectivity index is 1.81. The smallest absolute Gasteiger partial charge is 0.266 e. The lowest BCUT2D eigenvalue weighted by atomic mass is 9.98. The summed E-state index contributed by atoms with van der Waals surface area (Å²) in [5.41, 5.74) is 2.73. The third kappa shape index (κ3) is 3.13. The van der Waals surface area contributed by atoms with Crippen LogP contribution in [0.2, 0.25) is 0 Å². The normalized spacial score (nSPS) is 12.9. The van der Waals surface area contributed by atoms with Crippen LogP contribution in [0, 0.1) is 25.2 Å². The summed E-state index contributed by atoms with van der Waals surface area (Å²) in [6.07, 6.45) is 0.772. The second kappa shape index (κ2) is 6.81. The van der Waals surface area contributed by atoms with E-state index in [0.717, 1.165) is 11.3 Å². The van der Waals surface area contributed by atoms with Crippen molar-refractivity contribution >= 4 is 11.6 Å². The molecule has 0 aliphatic carbocycles. The molecule has 1 aromatic carbocycles. The minimum atomic E-state index is -0.380. The summed E-state index contributed by atoms with van der Waals surface area (Å²) < 4.78 is 5.58. The maximum absolute atomic E-state index is 12.7. The first-order chi connectivity index (χ1) is 12.0. The van der Waals surface area contributed by atoms with Crippen LogP contribution in [0.3, 0.4) is 0 Å². The molecule has 0 atom stereocenters. The molecular weight excluding hydrogens is 318 g/mol. The van der Waals surface area contributed by atoms with E-state index in [1.165, 1.54) is 0 Å². The number of H-pyrrole nitrogens is 1. The van der Waals surface area contributed by atoms with E-state index in [2.05, 4.69) is 4.98 Å². The van der Waals surface area contributed by atoms with Crippen molar-refractivity contribution in [2.24, 2.45) is 0 Å². The molecule has 0 bridgehead atoms. The van der Waals surface area contributed by atoms with E-state index in [1.807, 2.05) is 30.3 Å². The molecule has 6 heteroatoms. The van der Waals surface area contributed by atoms with Gasteiger partial charge in [-0.05, 0) is 43.5 Å². The number of carbonyl (C=O) groups excluding carboxylic acids is 1. The molecule has 0 fully saturated rings. The van der Waals surface area contributed by atoms with E-state index in [9.17, 15) is 9.59 Å². The van der Waals surface area contributed by atoms with Crippen molar-refractivity contribution in [1.82, 2.24) is 4.98 Å². The van der Waals surface area contributed by atoms with Crippen molar-refractivity contribution in [3.05, 3.63) is 57.0 Å². The van der Waals surface area contributed by atoms with Gasteiger partial charge in [-0.15, -0.1) is 0 Å². The summed E-state index contributed by atoms with van der Waals surface area (Å²) in [6.45, 7) is 4.53. The Labute approximate surface area is 145 Å². The predicted octanol–water partition coefficient (Wildman–Crippen LogP) is 2.22. The number of rotatable bonds is 3. The zero-order chi connectivity index (χ0) is 18.0. The molecule has 25 heavy (non-hydrogen) atoms. The number of aromatic amines is 1. The van der Waals surface area contributed by atoms with Crippen LogP contribution in [0.5, 0.6) is 5.75 Å². The molecule has 0 radical (unpaired) electrons.